The number of aliphatic hydroxyl groups is 1. The Labute approximate surface area is 196 Å². The first kappa shape index (κ1) is 20.7. The zero-order valence-electron chi connectivity index (χ0n) is 18.7. The van der Waals surface area contributed by atoms with Gasteiger partial charge in [-0.2, -0.15) is 0 Å². The number of morpholine rings is 1. The maximum atomic E-state index is 9.30. The normalized spacial score (nSPS) is 14.2. The summed E-state index contributed by atoms with van der Waals surface area (Å²) in [6.45, 7) is 3.50. The van der Waals surface area contributed by atoms with E-state index in [0.717, 1.165) is 65.4 Å². The van der Waals surface area contributed by atoms with Crippen molar-refractivity contribution >= 4 is 33.7 Å². The van der Waals surface area contributed by atoms with Gasteiger partial charge in [0.1, 0.15) is 0 Å². The second-order valence-corrected chi connectivity index (χ2v) is 8.45. The van der Waals surface area contributed by atoms with Crippen LogP contribution in [0.3, 0.4) is 0 Å². The Morgan fingerprint density at radius 3 is 2.76 bits per heavy atom. The second kappa shape index (κ2) is 8.81. The molecule has 34 heavy (non-hydrogen) atoms. The highest BCUT2D eigenvalue weighted by Crippen LogP contribution is 2.29. The van der Waals surface area contributed by atoms with E-state index < -0.39 is 0 Å². The number of ether oxygens (including phenoxy) is 1. The van der Waals surface area contributed by atoms with Crippen molar-refractivity contribution in [2.24, 2.45) is 0 Å². The van der Waals surface area contributed by atoms with Crippen LogP contribution in [0.5, 0.6) is 0 Å². The summed E-state index contributed by atoms with van der Waals surface area (Å²) in [5, 5.41) is 13.9. The van der Waals surface area contributed by atoms with Gasteiger partial charge in [0, 0.05) is 72.3 Å². The molecular formula is C26H26N6O2. The van der Waals surface area contributed by atoms with Crippen molar-refractivity contribution < 1.29 is 9.84 Å². The highest BCUT2D eigenvalue weighted by Gasteiger charge is 2.13. The molecule has 2 aromatic carbocycles. The van der Waals surface area contributed by atoms with E-state index in [1.165, 1.54) is 5.69 Å². The van der Waals surface area contributed by atoms with Crippen LogP contribution >= 0.6 is 0 Å². The van der Waals surface area contributed by atoms with Crippen LogP contribution in [-0.4, -0.2) is 57.4 Å². The topological polar surface area (TPSA) is 90.7 Å². The second-order valence-electron chi connectivity index (χ2n) is 8.45. The van der Waals surface area contributed by atoms with Gasteiger partial charge in [0.05, 0.1) is 18.9 Å². The molecule has 6 rings (SSSR count). The molecule has 8 nitrogen and oxygen atoms in total. The number of aromatic nitrogens is 4. The lowest BCUT2D eigenvalue weighted by Crippen LogP contribution is -2.36. The van der Waals surface area contributed by atoms with Gasteiger partial charge < -0.3 is 29.4 Å². The molecular weight excluding hydrogens is 428 g/mol. The zero-order valence-corrected chi connectivity index (χ0v) is 18.7. The Kier molecular flexibility index (Phi) is 5.37. The first-order valence-corrected chi connectivity index (χ1v) is 11.5. The third kappa shape index (κ3) is 3.87. The van der Waals surface area contributed by atoms with Crippen LogP contribution in [0.15, 0.2) is 67.3 Å². The van der Waals surface area contributed by atoms with Crippen LogP contribution in [-0.2, 0) is 11.2 Å². The lowest BCUT2D eigenvalue weighted by Gasteiger charge is -2.28. The third-order valence-corrected chi connectivity index (χ3v) is 6.32. The summed E-state index contributed by atoms with van der Waals surface area (Å²) in [6, 6.07) is 14.7. The van der Waals surface area contributed by atoms with E-state index in [2.05, 4.69) is 62.6 Å². The summed E-state index contributed by atoms with van der Waals surface area (Å²) in [4.78, 5) is 15.1. The minimum atomic E-state index is 0.135. The first-order valence-electron chi connectivity index (χ1n) is 11.5. The Balaban J connectivity index is 1.32. The molecule has 8 heteroatoms. The molecule has 0 unspecified atom stereocenters. The average Bonchev–Trinajstić information content (AvgIpc) is 3.52. The van der Waals surface area contributed by atoms with Crippen LogP contribution in [0.1, 0.15) is 5.56 Å². The molecule has 0 bridgehead atoms. The predicted molar refractivity (Wildman–Crippen MR) is 134 cm³/mol. The summed E-state index contributed by atoms with van der Waals surface area (Å²) < 4.78 is 7.45. The summed E-state index contributed by atoms with van der Waals surface area (Å²) >= 11 is 0. The van der Waals surface area contributed by atoms with Crippen molar-refractivity contribution in [2.75, 3.05) is 43.1 Å². The van der Waals surface area contributed by atoms with Crippen molar-refractivity contribution in [2.45, 2.75) is 6.42 Å². The molecule has 3 N–H and O–H groups in total. The van der Waals surface area contributed by atoms with Crippen molar-refractivity contribution in [3.05, 3.63) is 72.8 Å². The van der Waals surface area contributed by atoms with Crippen LogP contribution in [0.4, 0.5) is 17.2 Å². The van der Waals surface area contributed by atoms with Crippen LogP contribution in [0, 0.1) is 0 Å². The highest BCUT2D eigenvalue weighted by atomic mass is 16.5. The number of hydrogen-bond donors (Lipinski definition) is 3. The number of nitrogens with zero attached hydrogens (tertiary/aromatic N) is 4. The summed E-state index contributed by atoms with van der Waals surface area (Å²) in [5.74, 6) is 0.703. The van der Waals surface area contributed by atoms with Crippen LogP contribution in [0.25, 0.3) is 27.8 Å². The van der Waals surface area contributed by atoms with Gasteiger partial charge >= 0.3 is 0 Å². The van der Waals surface area contributed by atoms with Crippen molar-refractivity contribution in [3.63, 3.8) is 0 Å². The SMILES string of the molecule is OCCc1c[nH]c2cc(-c3cn4ccnc4c(Nc4ccc(N5CCOCC5)cc4)n3)ccc12. The van der Waals surface area contributed by atoms with E-state index >= 15 is 0 Å². The molecule has 0 atom stereocenters. The number of imidazole rings is 1. The van der Waals surface area contributed by atoms with E-state index in [-0.39, 0.29) is 6.61 Å². The van der Waals surface area contributed by atoms with Gasteiger partial charge in [-0.3, -0.25) is 0 Å². The van der Waals surface area contributed by atoms with Gasteiger partial charge in [0.2, 0.25) is 0 Å². The molecule has 0 spiro atoms. The zero-order chi connectivity index (χ0) is 22.9. The van der Waals surface area contributed by atoms with Crippen molar-refractivity contribution in [1.82, 2.24) is 19.4 Å². The fourth-order valence-electron chi connectivity index (χ4n) is 4.54. The Hall–Kier alpha value is -3.88. The van der Waals surface area contributed by atoms with E-state index in [4.69, 9.17) is 9.72 Å². The van der Waals surface area contributed by atoms with Gasteiger partial charge in [0.15, 0.2) is 11.5 Å². The summed E-state index contributed by atoms with van der Waals surface area (Å²) in [6.07, 6.45) is 8.30. The maximum Gasteiger partial charge on any atom is 0.180 e. The highest BCUT2D eigenvalue weighted by molar-refractivity contribution is 5.87. The number of fused-ring (bicyclic) bond motifs is 2. The van der Waals surface area contributed by atoms with Gasteiger partial charge in [0.25, 0.3) is 0 Å². The molecule has 4 heterocycles. The molecule has 1 saturated heterocycles. The van der Waals surface area contributed by atoms with E-state index in [9.17, 15) is 5.11 Å². The molecule has 1 aliphatic rings. The van der Waals surface area contributed by atoms with Crippen LogP contribution < -0.4 is 10.2 Å². The minimum Gasteiger partial charge on any atom is -0.396 e. The molecule has 1 aliphatic heterocycles. The Bertz CT molecular complexity index is 1430. The Morgan fingerprint density at radius 2 is 1.94 bits per heavy atom. The molecule has 0 amide bonds. The lowest BCUT2D eigenvalue weighted by atomic mass is 10.1. The number of aromatic amines is 1. The van der Waals surface area contributed by atoms with E-state index in [0.29, 0.717) is 12.2 Å². The quantitative estimate of drug-likeness (QED) is 0.359. The van der Waals surface area contributed by atoms with Crippen molar-refractivity contribution in [1.29, 1.82) is 0 Å². The number of anilines is 3. The Morgan fingerprint density at radius 1 is 1.09 bits per heavy atom. The first-order chi connectivity index (χ1) is 16.8. The molecule has 0 aliphatic carbocycles. The molecule has 3 aromatic heterocycles. The van der Waals surface area contributed by atoms with Crippen molar-refractivity contribution in [3.8, 4) is 11.3 Å². The molecule has 0 radical (unpaired) electrons. The fraction of sp³-hybridized carbons (Fsp3) is 0.231. The van der Waals surface area contributed by atoms with E-state index in [1.807, 2.05) is 23.0 Å². The van der Waals surface area contributed by atoms with Gasteiger partial charge in [-0.1, -0.05) is 12.1 Å². The number of rotatable bonds is 6. The summed E-state index contributed by atoms with van der Waals surface area (Å²) in [7, 11) is 0. The van der Waals surface area contributed by atoms with Gasteiger partial charge in [-0.05, 0) is 42.3 Å². The molecule has 1 fully saturated rings. The minimum absolute atomic E-state index is 0.135. The monoisotopic (exact) mass is 454 g/mol. The number of benzene rings is 2. The van der Waals surface area contributed by atoms with E-state index in [1.54, 1.807) is 6.20 Å². The van der Waals surface area contributed by atoms with Crippen LogP contribution in [0.2, 0.25) is 0 Å². The fourth-order valence-corrected chi connectivity index (χ4v) is 4.54. The average molecular weight is 455 g/mol. The third-order valence-electron chi connectivity index (χ3n) is 6.32. The summed E-state index contributed by atoms with van der Waals surface area (Å²) in [5.41, 5.74) is 6.92. The standard InChI is InChI=1S/C26H26N6O2/c33-12-7-19-16-28-23-15-18(1-6-22(19)23)24-17-32-9-8-27-26(32)25(30-24)29-20-2-4-21(5-3-20)31-10-13-34-14-11-31/h1-6,8-9,15-17,28,33H,7,10-14H2,(H,29,30). The number of hydrogen-bond acceptors (Lipinski definition) is 6. The smallest absolute Gasteiger partial charge is 0.180 e. The van der Waals surface area contributed by atoms with Gasteiger partial charge in [-0.15, -0.1) is 0 Å². The molecule has 0 saturated carbocycles. The molecule has 5 aromatic rings. The number of nitrogens with one attached hydrogen (secondary N) is 2. The van der Waals surface area contributed by atoms with Gasteiger partial charge in [-0.25, -0.2) is 9.97 Å². The predicted octanol–water partition coefficient (Wildman–Crippen LogP) is 3.99. The number of aliphatic hydroxyl groups excluding tert-OH is 1. The largest absolute Gasteiger partial charge is 0.396 e. The lowest BCUT2D eigenvalue weighted by molar-refractivity contribution is 0.122. The number of H-pyrrole nitrogens is 1. The molecule has 172 valence electrons. The maximum absolute atomic E-state index is 9.30.